The van der Waals surface area contributed by atoms with Gasteiger partial charge in [-0.3, -0.25) is 0 Å². The minimum Gasteiger partial charge on any atom is -0.493 e. The van der Waals surface area contributed by atoms with Gasteiger partial charge in [-0.1, -0.05) is 12.2 Å². The molecule has 0 radical (unpaired) electrons. The van der Waals surface area contributed by atoms with Crippen LogP contribution in [0.25, 0.3) is 0 Å². The fraction of sp³-hybridized carbons (Fsp3) is 0.429. The van der Waals surface area contributed by atoms with Crippen LogP contribution < -0.4 is 20.5 Å². The van der Waals surface area contributed by atoms with Gasteiger partial charge in [0.25, 0.3) is 0 Å². The van der Waals surface area contributed by atoms with Crippen LogP contribution >= 0.6 is 0 Å². The van der Waals surface area contributed by atoms with Gasteiger partial charge in [0.05, 0.1) is 38.8 Å². The van der Waals surface area contributed by atoms with E-state index >= 15 is 0 Å². The van der Waals surface area contributed by atoms with Crippen LogP contribution in [0.5, 0.6) is 11.5 Å². The lowest BCUT2D eigenvalue weighted by atomic mass is 10.2. The predicted octanol–water partition coefficient (Wildman–Crippen LogP) is 2.29. The van der Waals surface area contributed by atoms with Crippen LogP contribution in [0, 0.1) is 0 Å². The molecule has 0 bridgehead atoms. The molecule has 0 fully saturated rings. The molecule has 0 aliphatic carbocycles. The Balaban J connectivity index is 2.56. The maximum Gasteiger partial charge on any atom is 0.162 e. The molecule has 5 nitrogen and oxygen atoms in total. The van der Waals surface area contributed by atoms with Crippen molar-refractivity contribution in [2.75, 3.05) is 45.0 Å². The highest BCUT2D eigenvalue weighted by Gasteiger charge is 2.08. The molecule has 1 rings (SSSR count). The van der Waals surface area contributed by atoms with Crippen molar-refractivity contribution in [3.05, 3.63) is 24.3 Å². The predicted molar refractivity (Wildman–Crippen MR) is 78.1 cm³/mol. The van der Waals surface area contributed by atoms with Gasteiger partial charge in [-0.25, -0.2) is 0 Å². The number of nitrogens with two attached hydrogens (primary N) is 1. The summed E-state index contributed by atoms with van der Waals surface area (Å²) in [5.41, 5.74) is 8.35. The van der Waals surface area contributed by atoms with Gasteiger partial charge in [-0.05, 0) is 6.92 Å². The molecule has 3 N–H and O–H groups in total. The molecular weight excluding hydrogens is 244 g/mol. The average molecular weight is 266 g/mol. The second kappa shape index (κ2) is 7.53. The highest BCUT2D eigenvalue weighted by molar-refractivity contribution is 5.72. The summed E-state index contributed by atoms with van der Waals surface area (Å²) in [7, 11) is 3.17. The van der Waals surface area contributed by atoms with E-state index < -0.39 is 0 Å². The molecule has 0 spiro atoms. The van der Waals surface area contributed by atoms with Gasteiger partial charge in [0.2, 0.25) is 0 Å². The lowest BCUT2D eigenvalue weighted by Gasteiger charge is -2.14. The summed E-state index contributed by atoms with van der Waals surface area (Å²) in [5, 5.41) is 3.20. The fourth-order valence-corrected chi connectivity index (χ4v) is 1.55. The first-order valence-electron chi connectivity index (χ1n) is 6.06. The SMILES string of the molecule is C=C(C)COCCNc1cc(OC)c(OC)cc1N. The van der Waals surface area contributed by atoms with Crippen LogP contribution in [-0.2, 0) is 4.74 Å². The van der Waals surface area contributed by atoms with Crippen molar-refractivity contribution in [3.63, 3.8) is 0 Å². The first-order valence-corrected chi connectivity index (χ1v) is 6.06. The largest absolute Gasteiger partial charge is 0.493 e. The number of benzene rings is 1. The van der Waals surface area contributed by atoms with Crippen LogP contribution in [0.3, 0.4) is 0 Å². The summed E-state index contributed by atoms with van der Waals surface area (Å²) in [5.74, 6) is 1.26. The molecule has 0 amide bonds. The molecule has 5 heteroatoms. The average Bonchev–Trinajstić information content (AvgIpc) is 2.39. The van der Waals surface area contributed by atoms with E-state index in [0.717, 1.165) is 11.3 Å². The van der Waals surface area contributed by atoms with Crippen molar-refractivity contribution < 1.29 is 14.2 Å². The number of ether oxygens (including phenoxy) is 3. The molecule has 0 aromatic heterocycles. The van der Waals surface area contributed by atoms with Gasteiger partial charge in [-0.2, -0.15) is 0 Å². The van der Waals surface area contributed by atoms with E-state index in [1.807, 2.05) is 13.0 Å². The molecule has 0 aliphatic heterocycles. The Morgan fingerprint density at radius 3 is 2.47 bits per heavy atom. The minimum absolute atomic E-state index is 0.573. The zero-order chi connectivity index (χ0) is 14.3. The lowest BCUT2D eigenvalue weighted by molar-refractivity contribution is 0.167. The Labute approximate surface area is 114 Å². The number of nitrogens with one attached hydrogen (secondary N) is 1. The van der Waals surface area contributed by atoms with Gasteiger partial charge in [0.15, 0.2) is 11.5 Å². The van der Waals surface area contributed by atoms with Gasteiger partial charge in [0.1, 0.15) is 0 Å². The molecule has 1 aromatic carbocycles. The molecule has 19 heavy (non-hydrogen) atoms. The van der Waals surface area contributed by atoms with E-state index in [9.17, 15) is 0 Å². The van der Waals surface area contributed by atoms with E-state index in [0.29, 0.717) is 36.9 Å². The number of anilines is 2. The topological polar surface area (TPSA) is 65.7 Å². The van der Waals surface area contributed by atoms with E-state index in [-0.39, 0.29) is 0 Å². The molecule has 0 unspecified atom stereocenters. The van der Waals surface area contributed by atoms with Crippen molar-refractivity contribution in [2.24, 2.45) is 0 Å². The van der Waals surface area contributed by atoms with Gasteiger partial charge in [-0.15, -0.1) is 0 Å². The van der Waals surface area contributed by atoms with Crippen LogP contribution in [0.15, 0.2) is 24.3 Å². The summed E-state index contributed by atoms with van der Waals surface area (Å²) < 4.78 is 15.8. The Morgan fingerprint density at radius 2 is 1.89 bits per heavy atom. The van der Waals surface area contributed by atoms with E-state index in [2.05, 4.69) is 11.9 Å². The van der Waals surface area contributed by atoms with Crippen LogP contribution in [0.4, 0.5) is 11.4 Å². The highest BCUT2D eigenvalue weighted by Crippen LogP contribution is 2.34. The van der Waals surface area contributed by atoms with Crippen LogP contribution in [0.1, 0.15) is 6.92 Å². The minimum atomic E-state index is 0.573. The molecule has 0 saturated heterocycles. The number of hydrogen-bond donors (Lipinski definition) is 2. The van der Waals surface area contributed by atoms with Crippen molar-refractivity contribution in [1.82, 2.24) is 0 Å². The molecule has 0 atom stereocenters. The first kappa shape index (κ1) is 15.2. The van der Waals surface area contributed by atoms with Gasteiger partial charge in [0, 0.05) is 18.7 Å². The zero-order valence-electron chi connectivity index (χ0n) is 11.8. The maximum absolute atomic E-state index is 5.93. The number of rotatable bonds is 8. The Bertz CT molecular complexity index is 433. The van der Waals surface area contributed by atoms with Crippen LogP contribution in [0.2, 0.25) is 0 Å². The van der Waals surface area contributed by atoms with Gasteiger partial charge >= 0.3 is 0 Å². The first-order chi connectivity index (χ1) is 9.08. The molecule has 0 saturated carbocycles. The summed E-state index contributed by atoms with van der Waals surface area (Å²) >= 11 is 0. The number of methoxy groups -OCH3 is 2. The quantitative estimate of drug-likeness (QED) is 0.429. The lowest BCUT2D eigenvalue weighted by Crippen LogP contribution is -2.11. The van der Waals surface area contributed by atoms with Crippen molar-refractivity contribution in [2.45, 2.75) is 6.92 Å². The van der Waals surface area contributed by atoms with E-state index in [1.165, 1.54) is 0 Å². The molecule has 0 heterocycles. The van der Waals surface area contributed by atoms with Crippen molar-refractivity contribution in [3.8, 4) is 11.5 Å². The fourth-order valence-electron chi connectivity index (χ4n) is 1.55. The molecular formula is C14H22N2O3. The normalized spacial score (nSPS) is 10.1. The highest BCUT2D eigenvalue weighted by atomic mass is 16.5. The smallest absolute Gasteiger partial charge is 0.162 e. The molecule has 106 valence electrons. The summed E-state index contributed by atoms with van der Waals surface area (Å²) in [6.07, 6.45) is 0. The Kier molecular flexibility index (Phi) is 6.02. The summed E-state index contributed by atoms with van der Waals surface area (Å²) in [4.78, 5) is 0. The van der Waals surface area contributed by atoms with Crippen molar-refractivity contribution >= 4 is 11.4 Å². The van der Waals surface area contributed by atoms with Crippen molar-refractivity contribution in [1.29, 1.82) is 0 Å². The summed E-state index contributed by atoms with van der Waals surface area (Å²) in [6.45, 7) is 7.52. The molecule has 1 aromatic rings. The van der Waals surface area contributed by atoms with E-state index in [1.54, 1.807) is 20.3 Å². The third kappa shape index (κ3) is 4.71. The number of nitrogen functional groups attached to an aromatic ring is 1. The summed E-state index contributed by atoms with van der Waals surface area (Å²) in [6, 6.07) is 3.54. The Morgan fingerprint density at radius 1 is 1.26 bits per heavy atom. The standard InChI is InChI=1S/C14H22N2O3/c1-10(2)9-19-6-5-16-12-8-14(18-4)13(17-3)7-11(12)15/h7-8,16H,1,5-6,9,15H2,2-4H3. The van der Waals surface area contributed by atoms with E-state index in [4.69, 9.17) is 19.9 Å². The molecule has 0 aliphatic rings. The Hall–Kier alpha value is -1.88. The van der Waals surface area contributed by atoms with Crippen LogP contribution in [-0.4, -0.2) is 34.0 Å². The van der Waals surface area contributed by atoms with Gasteiger partial charge < -0.3 is 25.3 Å². The third-order valence-corrected chi connectivity index (χ3v) is 2.47. The maximum atomic E-state index is 5.93. The second-order valence-corrected chi connectivity index (χ2v) is 4.23. The zero-order valence-corrected chi connectivity index (χ0v) is 11.8. The third-order valence-electron chi connectivity index (χ3n) is 2.47. The monoisotopic (exact) mass is 266 g/mol. The number of hydrogen-bond acceptors (Lipinski definition) is 5. The second-order valence-electron chi connectivity index (χ2n) is 4.23.